The summed E-state index contributed by atoms with van der Waals surface area (Å²) in [6.45, 7) is 3.64. The third-order valence-corrected chi connectivity index (χ3v) is 4.37. The lowest BCUT2D eigenvalue weighted by Crippen LogP contribution is -2.19. The van der Waals surface area contributed by atoms with Crippen LogP contribution in [0.25, 0.3) is 16.6 Å². The molecule has 0 aliphatic heterocycles. The van der Waals surface area contributed by atoms with Crippen LogP contribution in [-0.2, 0) is 9.53 Å². The number of hydrogen-bond donors (Lipinski definition) is 1. The summed E-state index contributed by atoms with van der Waals surface area (Å²) in [4.78, 5) is 23.6. The molecule has 0 saturated heterocycles. The van der Waals surface area contributed by atoms with E-state index < -0.39 is 11.9 Å². The highest BCUT2D eigenvalue weighted by atomic mass is 35.5. The Bertz CT molecular complexity index is 1010. The smallest absolute Gasteiger partial charge is 0.340 e. The summed E-state index contributed by atoms with van der Waals surface area (Å²) >= 11 is 6.00. The topological polar surface area (TPSA) is 83.6 Å². The van der Waals surface area contributed by atoms with Crippen molar-refractivity contribution in [2.75, 3.05) is 13.2 Å². The number of ether oxygens (including phenoxy) is 2. The van der Waals surface area contributed by atoms with Crippen LogP contribution in [0.2, 0.25) is 5.02 Å². The third-order valence-electron chi connectivity index (χ3n) is 4.12. The lowest BCUT2D eigenvalue weighted by atomic mass is 10.1. The molecule has 3 rings (SSSR count). The number of primary amides is 1. The van der Waals surface area contributed by atoms with Gasteiger partial charge in [-0.05, 0) is 56.3 Å². The highest BCUT2D eigenvalue weighted by Gasteiger charge is 2.22. The van der Waals surface area contributed by atoms with Gasteiger partial charge in [0, 0.05) is 21.8 Å². The highest BCUT2D eigenvalue weighted by Crippen LogP contribution is 2.33. The first kappa shape index (κ1) is 18.8. The molecule has 0 aliphatic carbocycles. The monoisotopic (exact) mass is 386 g/mol. The molecular formula is C20H19ClN2O4. The zero-order chi connectivity index (χ0) is 19.6. The molecule has 6 nitrogen and oxygen atoms in total. The Morgan fingerprint density at radius 3 is 2.48 bits per heavy atom. The minimum atomic E-state index is -0.573. The summed E-state index contributed by atoms with van der Waals surface area (Å²) in [6.07, 6.45) is 0. The number of carbonyl (C=O) groups is 2. The molecule has 2 aromatic carbocycles. The van der Waals surface area contributed by atoms with Crippen molar-refractivity contribution in [3.8, 4) is 11.4 Å². The fourth-order valence-electron chi connectivity index (χ4n) is 3.03. The summed E-state index contributed by atoms with van der Waals surface area (Å²) in [5.74, 6) is -0.546. The Labute approximate surface area is 161 Å². The van der Waals surface area contributed by atoms with Crippen molar-refractivity contribution in [1.29, 1.82) is 0 Å². The molecule has 140 valence electrons. The van der Waals surface area contributed by atoms with E-state index in [-0.39, 0.29) is 13.2 Å². The molecule has 7 heteroatoms. The van der Waals surface area contributed by atoms with Gasteiger partial charge in [0.25, 0.3) is 5.91 Å². The number of hydrogen-bond acceptors (Lipinski definition) is 4. The maximum absolute atomic E-state index is 12.6. The van der Waals surface area contributed by atoms with Crippen molar-refractivity contribution in [2.24, 2.45) is 5.73 Å². The van der Waals surface area contributed by atoms with Crippen LogP contribution in [0.4, 0.5) is 0 Å². The van der Waals surface area contributed by atoms with Gasteiger partial charge >= 0.3 is 5.97 Å². The number of nitrogens with zero attached hydrogens (tertiary/aromatic N) is 1. The standard InChI is InChI=1S/C20H19ClN2O4/c1-3-26-20(25)19-12(2)23(14-6-4-13(21)5-7-14)17-9-8-15(10-16(17)19)27-11-18(22)24/h4-10H,3,11H2,1-2H3,(H2,22,24). The van der Waals surface area contributed by atoms with E-state index in [0.717, 1.165) is 16.9 Å². The quantitative estimate of drug-likeness (QED) is 0.655. The molecule has 0 saturated carbocycles. The van der Waals surface area contributed by atoms with Crippen LogP contribution in [0, 0.1) is 6.92 Å². The van der Waals surface area contributed by atoms with E-state index in [1.54, 1.807) is 31.2 Å². The second-order valence-electron chi connectivity index (χ2n) is 5.93. The predicted octanol–water partition coefficient (Wildman–Crippen LogP) is 3.63. The average molecular weight is 387 g/mol. The van der Waals surface area contributed by atoms with Gasteiger partial charge in [0.05, 0.1) is 17.7 Å². The summed E-state index contributed by atoms with van der Waals surface area (Å²) in [7, 11) is 0. The Balaban J connectivity index is 2.20. The molecule has 0 aliphatic rings. The summed E-state index contributed by atoms with van der Waals surface area (Å²) in [5, 5.41) is 1.29. The van der Waals surface area contributed by atoms with Crippen LogP contribution in [0.3, 0.4) is 0 Å². The normalized spacial score (nSPS) is 10.8. The second-order valence-corrected chi connectivity index (χ2v) is 6.36. The van der Waals surface area contributed by atoms with Crippen LogP contribution in [0.5, 0.6) is 5.75 Å². The lowest BCUT2D eigenvalue weighted by Gasteiger charge is -2.09. The van der Waals surface area contributed by atoms with E-state index in [0.29, 0.717) is 21.7 Å². The molecule has 0 spiro atoms. The Hall–Kier alpha value is -2.99. The molecule has 27 heavy (non-hydrogen) atoms. The van der Waals surface area contributed by atoms with Gasteiger partial charge < -0.3 is 19.8 Å². The number of benzene rings is 2. The first-order valence-electron chi connectivity index (χ1n) is 8.41. The predicted molar refractivity (Wildman–Crippen MR) is 104 cm³/mol. The van der Waals surface area contributed by atoms with Crippen LogP contribution in [0.1, 0.15) is 23.0 Å². The molecule has 1 amide bonds. The molecule has 0 unspecified atom stereocenters. The van der Waals surface area contributed by atoms with Crippen molar-refractivity contribution in [2.45, 2.75) is 13.8 Å². The Morgan fingerprint density at radius 2 is 1.85 bits per heavy atom. The molecule has 2 N–H and O–H groups in total. The van der Waals surface area contributed by atoms with Crippen LogP contribution in [0.15, 0.2) is 42.5 Å². The van der Waals surface area contributed by atoms with Gasteiger partial charge in [-0.1, -0.05) is 11.6 Å². The first-order valence-corrected chi connectivity index (χ1v) is 8.79. The first-order chi connectivity index (χ1) is 12.9. The van der Waals surface area contributed by atoms with Crippen LogP contribution >= 0.6 is 11.6 Å². The van der Waals surface area contributed by atoms with Gasteiger partial charge in [-0.2, -0.15) is 0 Å². The molecular weight excluding hydrogens is 368 g/mol. The van der Waals surface area contributed by atoms with Gasteiger partial charge in [-0.15, -0.1) is 0 Å². The average Bonchev–Trinajstić information content (AvgIpc) is 2.92. The third kappa shape index (κ3) is 3.75. The molecule has 0 fully saturated rings. The molecule has 0 atom stereocenters. The second kappa shape index (κ2) is 7.72. The number of aromatic nitrogens is 1. The zero-order valence-electron chi connectivity index (χ0n) is 15.0. The molecule has 1 heterocycles. The molecule has 0 bridgehead atoms. The summed E-state index contributed by atoms with van der Waals surface area (Å²) < 4.78 is 12.6. The fraction of sp³-hybridized carbons (Fsp3) is 0.200. The van der Waals surface area contributed by atoms with Gasteiger partial charge in [0.15, 0.2) is 6.61 Å². The summed E-state index contributed by atoms with van der Waals surface area (Å²) in [6, 6.07) is 12.6. The van der Waals surface area contributed by atoms with Gasteiger partial charge in [0.2, 0.25) is 0 Å². The summed E-state index contributed by atoms with van der Waals surface area (Å²) in [5.41, 5.74) is 7.99. The van der Waals surface area contributed by atoms with Crippen LogP contribution < -0.4 is 10.5 Å². The Kier molecular flexibility index (Phi) is 5.37. The minimum Gasteiger partial charge on any atom is -0.484 e. The largest absolute Gasteiger partial charge is 0.484 e. The molecule has 0 radical (unpaired) electrons. The number of nitrogens with two attached hydrogens (primary N) is 1. The van der Waals surface area contributed by atoms with Crippen molar-refractivity contribution in [3.05, 3.63) is 58.7 Å². The van der Waals surface area contributed by atoms with E-state index in [2.05, 4.69) is 0 Å². The van der Waals surface area contributed by atoms with E-state index in [4.69, 9.17) is 26.8 Å². The maximum Gasteiger partial charge on any atom is 0.340 e. The van der Waals surface area contributed by atoms with Crippen molar-refractivity contribution < 1.29 is 19.1 Å². The number of carbonyl (C=O) groups excluding carboxylic acids is 2. The molecule has 1 aromatic heterocycles. The van der Waals surface area contributed by atoms with E-state index in [1.807, 2.05) is 29.7 Å². The SMILES string of the molecule is CCOC(=O)c1c(C)n(-c2ccc(Cl)cc2)c2ccc(OCC(N)=O)cc12. The number of esters is 1. The van der Waals surface area contributed by atoms with Crippen molar-refractivity contribution in [3.63, 3.8) is 0 Å². The lowest BCUT2D eigenvalue weighted by molar-refractivity contribution is -0.119. The van der Waals surface area contributed by atoms with Gasteiger partial charge in [-0.25, -0.2) is 4.79 Å². The van der Waals surface area contributed by atoms with E-state index >= 15 is 0 Å². The highest BCUT2D eigenvalue weighted by molar-refractivity contribution is 6.30. The Morgan fingerprint density at radius 1 is 1.15 bits per heavy atom. The number of halogens is 1. The van der Waals surface area contributed by atoms with E-state index in [1.165, 1.54) is 0 Å². The van der Waals surface area contributed by atoms with Crippen molar-refractivity contribution >= 4 is 34.4 Å². The minimum absolute atomic E-state index is 0.239. The molecule has 3 aromatic rings. The number of fused-ring (bicyclic) bond motifs is 1. The number of rotatable bonds is 6. The van der Waals surface area contributed by atoms with E-state index in [9.17, 15) is 9.59 Å². The maximum atomic E-state index is 12.6. The van der Waals surface area contributed by atoms with Gasteiger partial charge in [-0.3, -0.25) is 4.79 Å². The van der Waals surface area contributed by atoms with Crippen molar-refractivity contribution in [1.82, 2.24) is 4.57 Å². The van der Waals surface area contributed by atoms with Crippen LogP contribution in [-0.4, -0.2) is 29.7 Å². The van der Waals surface area contributed by atoms with Gasteiger partial charge in [0.1, 0.15) is 5.75 Å². The zero-order valence-corrected chi connectivity index (χ0v) is 15.7. The fourth-order valence-corrected chi connectivity index (χ4v) is 3.15. The number of amides is 1.